The zero-order valence-corrected chi connectivity index (χ0v) is 16.3. The number of nitrogens with zero attached hydrogens (tertiary/aromatic N) is 2. The quantitative estimate of drug-likeness (QED) is 0.474. The molecule has 0 atom stereocenters. The standard InChI is InChI=1S/C21H22N2O2S/c1-21(2,3)15-11-19-22(12-15)18-10-14(20(24)25-4)7-8-17(18)23(19)13-16-6-5-9-26-16/h5-12H,13H2,1-4H3. The molecule has 4 rings (SSSR count). The lowest BCUT2D eigenvalue weighted by molar-refractivity contribution is 0.0601. The molecule has 0 saturated carbocycles. The Morgan fingerprint density at radius 1 is 1.15 bits per heavy atom. The van der Waals surface area contributed by atoms with Crippen LogP contribution in [0.4, 0.5) is 0 Å². The molecule has 4 aromatic rings. The van der Waals surface area contributed by atoms with Crippen molar-refractivity contribution in [3.63, 3.8) is 0 Å². The van der Waals surface area contributed by atoms with E-state index in [0.717, 1.165) is 23.2 Å². The lowest BCUT2D eigenvalue weighted by Crippen LogP contribution is -2.09. The first kappa shape index (κ1) is 16.9. The zero-order chi connectivity index (χ0) is 18.5. The molecule has 0 amide bonds. The molecule has 26 heavy (non-hydrogen) atoms. The lowest BCUT2D eigenvalue weighted by Gasteiger charge is -2.16. The Labute approximate surface area is 156 Å². The summed E-state index contributed by atoms with van der Waals surface area (Å²) in [6, 6.07) is 12.3. The zero-order valence-electron chi connectivity index (χ0n) is 15.4. The van der Waals surface area contributed by atoms with E-state index >= 15 is 0 Å². The van der Waals surface area contributed by atoms with Crippen molar-refractivity contribution < 1.29 is 9.53 Å². The first-order valence-electron chi connectivity index (χ1n) is 8.64. The van der Waals surface area contributed by atoms with E-state index in [1.165, 1.54) is 17.6 Å². The molecule has 0 saturated heterocycles. The van der Waals surface area contributed by atoms with Crippen LogP contribution in [0.2, 0.25) is 0 Å². The normalized spacial score (nSPS) is 12.2. The van der Waals surface area contributed by atoms with Gasteiger partial charge in [0.15, 0.2) is 0 Å². The molecule has 4 nitrogen and oxygen atoms in total. The number of ether oxygens (including phenoxy) is 1. The number of fused-ring (bicyclic) bond motifs is 3. The van der Waals surface area contributed by atoms with Gasteiger partial charge in [-0.2, -0.15) is 0 Å². The number of benzene rings is 1. The highest BCUT2D eigenvalue weighted by molar-refractivity contribution is 7.09. The number of imidazole rings is 1. The third kappa shape index (κ3) is 2.72. The molecule has 3 heterocycles. The Kier molecular flexibility index (Phi) is 3.92. The Morgan fingerprint density at radius 3 is 2.62 bits per heavy atom. The summed E-state index contributed by atoms with van der Waals surface area (Å²) in [4.78, 5) is 13.3. The van der Waals surface area contributed by atoms with Gasteiger partial charge in [-0.05, 0) is 46.7 Å². The van der Waals surface area contributed by atoms with Crippen LogP contribution in [-0.4, -0.2) is 22.0 Å². The molecular weight excluding hydrogens is 344 g/mol. The number of hydrogen-bond acceptors (Lipinski definition) is 3. The first-order chi connectivity index (χ1) is 12.4. The molecule has 5 heteroatoms. The van der Waals surface area contributed by atoms with Gasteiger partial charge in [0.25, 0.3) is 0 Å². The second kappa shape index (κ2) is 6.02. The number of methoxy groups -OCH3 is 1. The highest BCUT2D eigenvalue weighted by atomic mass is 32.1. The van der Waals surface area contributed by atoms with E-state index in [2.05, 4.69) is 59.5 Å². The van der Waals surface area contributed by atoms with Crippen LogP contribution in [0.25, 0.3) is 16.7 Å². The van der Waals surface area contributed by atoms with Gasteiger partial charge in [-0.25, -0.2) is 4.79 Å². The fraction of sp³-hybridized carbons (Fsp3) is 0.286. The Bertz CT molecular complexity index is 1090. The van der Waals surface area contributed by atoms with Crippen molar-refractivity contribution in [2.75, 3.05) is 7.11 Å². The van der Waals surface area contributed by atoms with Gasteiger partial charge in [0, 0.05) is 11.1 Å². The van der Waals surface area contributed by atoms with Crippen LogP contribution in [0.1, 0.15) is 41.6 Å². The van der Waals surface area contributed by atoms with E-state index in [1.807, 2.05) is 18.2 Å². The monoisotopic (exact) mass is 366 g/mol. The molecule has 0 radical (unpaired) electrons. The summed E-state index contributed by atoms with van der Waals surface area (Å²) >= 11 is 1.76. The number of carbonyl (C=O) groups excluding carboxylic acids is 1. The second-order valence-corrected chi connectivity index (χ2v) is 8.60. The lowest BCUT2D eigenvalue weighted by atomic mass is 9.89. The number of thiophene rings is 1. The Hall–Kier alpha value is -2.53. The summed E-state index contributed by atoms with van der Waals surface area (Å²) in [5, 5.41) is 2.10. The molecule has 0 aliphatic carbocycles. The van der Waals surface area contributed by atoms with E-state index < -0.39 is 0 Å². The molecular formula is C21H22N2O2S. The second-order valence-electron chi connectivity index (χ2n) is 7.57. The number of hydrogen-bond donors (Lipinski definition) is 0. The smallest absolute Gasteiger partial charge is 0.337 e. The topological polar surface area (TPSA) is 35.6 Å². The molecule has 3 aromatic heterocycles. The average molecular weight is 366 g/mol. The van der Waals surface area contributed by atoms with E-state index in [1.54, 1.807) is 11.3 Å². The molecule has 0 bridgehead atoms. The third-order valence-corrected chi connectivity index (χ3v) is 5.64. The van der Waals surface area contributed by atoms with Gasteiger partial charge in [-0.3, -0.25) is 0 Å². The van der Waals surface area contributed by atoms with Crippen LogP contribution in [0.15, 0.2) is 48.0 Å². The fourth-order valence-corrected chi connectivity index (χ4v) is 3.99. The van der Waals surface area contributed by atoms with Crippen molar-refractivity contribution >= 4 is 34.0 Å². The number of rotatable bonds is 3. The van der Waals surface area contributed by atoms with E-state index in [4.69, 9.17) is 4.74 Å². The summed E-state index contributed by atoms with van der Waals surface area (Å²) in [6.45, 7) is 7.46. The third-order valence-electron chi connectivity index (χ3n) is 4.78. The summed E-state index contributed by atoms with van der Waals surface area (Å²) in [6.07, 6.45) is 2.18. The minimum absolute atomic E-state index is 0.0616. The van der Waals surface area contributed by atoms with Gasteiger partial charge in [0.1, 0.15) is 5.65 Å². The maximum Gasteiger partial charge on any atom is 0.337 e. The van der Waals surface area contributed by atoms with Crippen molar-refractivity contribution in [3.8, 4) is 0 Å². The molecule has 0 spiro atoms. The average Bonchev–Trinajstić information content (AvgIpc) is 3.31. The van der Waals surface area contributed by atoms with Gasteiger partial charge in [-0.1, -0.05) is 26.8 Å². The van der Waals surface area contributed by atoms with Gasteiger partial charge in [0.05, 0.1) is 30.3 Å². The molecule has 0 N–H and O–H groups in total. The van der Waals surface area contributed by atoms with Crippen molar-refractivity contribution in [2.45, 2.75) is 32.7 Å². The predicted octanol–water partition coefficient (Wildman–Crippen LogP) is 5.09. The van der Waals surface area contributed by atoms with Crippen LogP contribution in [-0.2, 0) is 16.7 Å². The van der Waals surface area contributed by atoms with Crippen LogP contribution >= 0.6 is 11.3 Å². The van der Waals surface area contributed by atoms with Crippen LogP contribution in [0.5, 0.6) is 0 Å². The number of aromatic nitrogens is 2. The maximum absolute atomic E-state index is 12.0. The molecule has 0 aliphatic heterocycles. The van der Waals surface area contributed by atoms with Crippen molar-refractivity contribution in [3.05, 3.63) is 64.0 Å². The van der Waals surface area contributed by atoms with Gasteiger partial charge < -0.3 is 13.7 Å². The van der Waals surface area contributed by atoms with Crippen LogP contribution in [0, 0.1) is 0 Å². The van der Waals surface area contributed by atoms with Crippen LogP contribution < -0.4 is 0 Å². The van der Waals surface area contributed by atoms with Gasteiger partial charge in [-0.15, -0.1) is 11.3 Å². The Morgan fingerprint density at radius 2 is 1.96 bits per heavy atom. The maximum atomic E-state index is 12.0. The number of esters is 1. The van der Waals surface area contributed by atoms with Crippen molar-refractivity contribution in [1.82, 2.24) is 8.97 Å². The summed E-state index contributed by atoms with van der Waals surface area (Å²) in [7, 11) is 1.41. The van der Waals surface area contributed by atoms with Crippen LogP contribution in [0.3, 0.4) is 0 Å². The molecule has 0 unspecified atom stereocenters. The summed E-state index contributed by atoms with van der Waals surface area (Å²) < 4.78 is 9.40. The van der Waals surface area contributed by atoms with Gasteiger partial charge >= 0.3 is 5.97 Å². The Balaban J connectivity index is 1.99. The molecule has 134 valence electrons. The van der Waals surface area contributed by atoms with E-state index in [-0.39, 0.29) is 11.4 Å². The SMILES string of the molecule is COC(=O)c1ccc2c(c1)n1cc(C(C)(C)C)cc1n2Cc1cccs1. The highest BCUT2D eigenvalue weighted by Crippen LogP contribution is 2.31. The largest absolute Gasteiger partial charge is 0.465 e. The summed E-state index contributed by atoms with van der Waals surface area (Å²) in [5.74, 6) is -0.311. The highest BCUT2D eigenvalue weighted by Gasteiger charge is 2.20. The van der Waals surface area contributed by atoms with Crippen molar-refractivity contribution in [1.29, 1.82) is 0 Å². The van der Waals surface area contributed by atoms with Crippen molar-refractivity contribution in [2.24, 2.45) is 0 Å². The minimum Gasteiger partial charge on any atom is -0.465 e. The fourth-order valence-electron chi connectivity index (χ4n) is 3.30. The van der Waals surface area contributed by atoms with E-state index in [9.17, 15) is 4.79 Å². The first-order valence-corrected chi connectivity index (χ1v) is 9.52. The van der Waals surface area contributed by atoms with Gasteiger partial charge in [0.2, 0.25) is 0 Å². The molecule has 0 aliphatic rings. The molecule has 0 fully saturated rings. The van der Waals surface area contributed by atoms with E-state index in [0.29, 0.717) is 5.56 Å². The predicted molar refractivity (Wildman–Crippen MR) is 106 cm³/mol. The number of carbonyl (C=O) groups is 1. The molecule has 1 aromatic carbocycles. The minimum atomic E-state index is -0.311. The summed E-state index contributed by atoms with van der Waals surface area (Å²) in [5.41, 5.74) is 5.18.